The second kappa shape index (κ2) is 6.11. The van der Waals surface area contributed by atoms with E-state index in [2.05, 4.69) is 17.4 Å². The molecule has 2 saturated carbocycles. The molecule has 1 aromatic carbocycles. The van der Waals surface area contributed by atoms with Crippen molar-refractivity contribution in [1.82, 2.24) is 5.32 Å². The molecule has 0 heterocycles. The van der Waals surface area contributed by atoms with Gasteiger partial charge >= 0.3 is 5.97 Å². The van der Waals surface area contributed by atoms with Gasteiger partial charge in [0.1, 0.15) is 0 Å². The van der Waals surface area contributed by atoms with Crippen molar-refractivity contribution in [3.8, 4) is 0 Å². The molecule has 0 bridgehead atoms. The van der Waals surface area contributed by atoms with Gasteiger partial charge in [-0.3, -0.25) is 9.59 Å². The fraction of sp³-hybridized carbons (Fsp3) is 0.556. The van der Waals surface area contributed by atoms with Crippen LogP contribution in [0, 0.1) is 5.92 Å². The molecule has 0 saturated heterocycles. The minimum Gasteiger partial charge on any atom is -0.481 e. The van der Waals surface area contributed by atoms with E-state index in [0.717, 1.165) is 32.1 Å². The van der Waals surface area contributed by atoms with Gasteiger partial charge in [0.25, 0.3) is 0 Å². The van der Waals surface area contributed by atoms with Gasteiger partial charge in [-0.1, -0.05) is 43.2 Å². The number of rotatable bonds is 6. The van der Waals surface area contributed by atoms with Crippen molar-refractivity contribution in [3.05, 3.63) is 35.9 Å². The number of benzene rings is 1. The molecular weight excluding hydrogens is 278 g/mol. The molecule has 2 aliphatic carbocycles. The molecule has 0 unspecified atom stereocenters. The van der Waals surface area contributed by atoms with Crippen LogP contribution in [0.25, 0.3) is 0 Å². The van der Waals surface area contributed by atoms with E-state index in [9.17, 15) is 9.59 Å². The Balaban J connectivity index is 1.53. The predicted molar refractivity (Wildman–Crippen MR) is 83.5 cm³/mol. The second-order valence-electron chi connectivity index (χ2n) is 6.82. The van der Waals surface area contributed by atoms with Crippen LogP contribution in [0.15, 0.2) is 30.3 Å². The van der Waals surface area contributed by atoms with Crippen molar-refractivity contribution in [2.45, 2.75) is 56.4 Å². The Labute approximate surface area is 130 Å². The standard InChI is InChI=1S/C18H23NO3/c20-16(19-18(12-17(21)22)8-4-5-9-18)11-14-10-15(14)13-6-2-1-3-7-13/h1-3,6-7,14-15H,4-5,8-12H2,(H,19,20)(H,21,22)/t14-,15-/m0/s1. The summed E-state index contributed by atoms with van der Waals surface area (Å²) in [5.41, 5.74) is 0.807. The Bertz CT molecular complexity index is 549. The third kappa shape index (κ3) is 3.49. The number of carbonyl (C=O) groups is 2. The summed E-state index contributed by atoms with van der Waals surface area (Å²) in [6, 6.07) is 10.3. The van der Waals surface area contributed by atoms with E-state index in [4.69, 9.17) is 5.11 Å². The SMILES string of the molecule is O=C(O)CC1(NC(=O)C[C@@H]2C[C@H]2c2ccccc2)CCCC1. The summed E-state index contributed by atoms with van der Waals surface area (Å²) in [7, 11) is 0. The van der Waals surface area contributed by atoms with Gasteiger partial charge in [-0.15, -0.1) is 0 Å². The zero-order valence-electron chi connectivity index (χ0n) is 12.8. The zero-order chi connectivity index (χ0) is 15.6. The molecule has 2 N–H and O–H groups in total. The molecule has 0 aliphatic heterocycles. The van der Waals surface area contributed by atoms with Gasteiger partial charge in [0.05, 0.1) is 12.0 Å². The van der Waals surface area contributed by atoms with Crippen molar-refractivity contribution in [3.63, 3.8) is 0 Å². The Morgan fingerprint density at radius 1 is 1.18 bits per heavy atom. The van der Waals surface area contributed by atoms with Gasteiger partial charge in [-0.05, 0) is 36.7 Å². The maximum Gasteiger partial charge on any atom is 0.305 e. The number of nitrogens with one attached hydrogen (secondary N) is 1. The molecule has 4 heteroatoms. The van der Waals surface area contributed by atoms with Gasteiger partial charge in [-0.2, -0.15) is 0 Å². The highest BCUT2D eigenvalue weighted by molar-refractivity contribution is 5.79. The van der Waals surface area contributed by atoms with Gasteiger partial charge in [-0.25, -0.2) is 0 Å². The quantitative estimate of drug-likeness (QED) is 0.848. The van der Waals surface area contributed by atoms with Gasteiger partial charge < -0.3 is 10.4 Å². The van der Waals surface area contributed by atoms with Crippen LogP contribution in [0.1, 0.15) is 56.4 Å². The molecule has 2 atom stereocenters. The first-order valence-corrected chi connectivity index (χ1v) is 8.16. The lowest BCUT2D eigenvalue weighted by Gasteiger charge is -2.28. The van der Waals surface area contributed by atoms with Crippen LogP contribution >= 0.6 is 0 Å². The topological polar surface area (TPSA) is 66.4 Å². The summed E-state index contributed by atoms with van der Waals surface area (Å²) in [6.07, 6.45) is 5.21. The first-order valence-electron chi connectivity index (χ1n) is 8.16. The highest BCUT2D eigenvalue weighted by Gasteiger charge is 2.42. The molecule has 4 nitrogen and oxygen atoms in total. The Morgan fingerprint density at radius 2 is 1.86 bits per heavy atom. The smallest absolute Gasteiger partial charge is 0.305 e. The predicted octanol–water partition coefficient (Wildman–Crippen LogP) is 3.08. The fourth-order valence-electron chi connectivity index (χ4n) is 3.85. The molecule has 118 valence electrons. The summed E-state index contributed by atoms with van der Waals surface area (Å²) < 4.78 is 0. The highest BCUT2D eigenvalue weighted by atomic mass is 16.4. The molecule has 1 aromatic rings. The van der Waals surface area contributed by atoms with Crippen molar-refractivity contribution >= 4 is 11.9 Å². The average molecular weight is 301 g/mol. The molecule has 22 heavy (non-hydrogen) atoms. The lowest BCUT2D eigenvalue weighted by atomic mass is 9.92. The van der Waals surface area contributed by atoms with Crippen molar-refractivity contribution in [1.29, 1.82) is 0 Å². The van der Waals surface area contributed by atoms with Gasteiger partial charge in [0.15, 0.2) is 0 Å². The summed E-state index contributed by atoms with van der Waals surface area (Å²) in [6.45, 7) is 0. The number of carbonyl (C=O) groups excluding carboxylic acids is 1. The minimum atomic E-state index is -0.823. The second-order valence-corrected chi connectivity index (χ2v) is 6.82. The van der Waals surface area contributed by atoms with Crippen LogP contribution in [0.4, 0.5) is 0 Å². The zero-order valence-corrected chi connectivity index (χ0v) is 12.8. The molecule has 0 spiro atoms. The Hall–Kier alpha value is -1.84. The minimum absolute atomic E-state index is 0.0200. The van der Waals surface area contributed by atoms with Gasteiger partial charge in [0, 0.05) is 6.42 Å². The summed E-state index contributed by atoms with van der Waals surface area (Å²) in [4.78, 5) is 23.4. The van der Waals surface area contributed by atoms with Crippen LogP contribution in [-0.2, 0) is 9.59 Å². The molecule has 2 fully saturated rings. The van der Waals surface area contributed by atoms with E-state index in [-0.39, 0.29) is 12.3 Å². The van der Waals surface area contributed by atoms with E-state index >= 15 is 0 Å². The Morgan fingerprint density at radius 3 is 2.50 bits per heavy atom. The monoisotopic (exact) mass is 301 g/mol. The number of amides is 1. The fourth-order valence-corrected chi connectivity index (χ4v) is 3.85. The molecule has 3 rings (SSSR count). The van der Waals surface area contributed by atoms with E-state index in [0.29, 0.717) is 18.3 Å². The van der Waals surface area contributed by atoms with Crippen LogP contribution in [-0.4, -0.2) is 22.5 Å². The van der Waals surface area contributed by atoms with Crippen LogP contribution < -0.4 is 5.32 Å². The number of hydrogen-bond acceptors (Lipinski definition) is 2. The van der Waals surface area contributed by atoms with E-state index in [1.54, 1.807) is 0 Å². The maximum atomic E-state index is 12.3. The summed E-state index contributed by atoms with van der Waals surface area (Å²) >= 11 is 0. The lowest BCUT2D eigenvalue weighted by molar-refractivity contribution is -0.139. The van der Waals surface area contributed by atoms with Crippen LogP contribution in [0.2, 0.25) is 0 Å². The van der Waals surface area contributed by atoms with Gasteiger partial charge in [0.2, 0.25) is 5.91 Å². The summed E-state index contributed by atoms with van der Waals surface area (Å²) in [5, 5.41) is 12.1. The molecule has 0 aromatic heterocycles. The number of carboxylic acids is 1. The largest absolute Gasteiger partial charge is 0.481 e. The highest BCUT2D eigenvalue weighted by Crippen LogP contribution is 2.49. The number of aliphatic carboxylic acids is 1. The van der Waals surface area contributed by atoms with E-state index in [1.807, 2.05) is 18.2 Å². The molecule has 1 amide bonds. The third-order valence-electron chi connectivity index (χ3n) is 5.05. The lowest BCUT2D eigenvalue weighted by Crippen LogP contribution is -2.47. The number of hydrogen-bond donors (Lipinski definition) is 2. The van der Waals surface area contributed by atoms with E-state index < -0.39 is 11.5 Å². The molecular formula is C18H23NO3. The van der Waals surface area contributed by atoms with Crippen LogP contribution in [0.5, 0.6) is 0 Å². The van der Waals surface area contributed by atoms with E-state index in [1.165, 1.54) is 5.56 Å². The van der Waals surface area contributed by atoms with Crippen LogP contribution in [0.3, 0.4) is 0 Å². The normalized spacial score (nSPS) is 25.6. The molecule has 2 aliphatic rings. The maximum absolute atomic E-state index is 12.3. The summed E-state index contributed by atoms with van der Waals surface area (Å²) in [5.74, 6) is 0.0963. The van der Waals surface area contributed by atoms with Crippen molar-refractivity contribution in [2.24, 2.45) is 5.92 Å². The van der Waals surface area contributed by atoms with Crippen molar-refractivity contribution in [2.75, 3.05) is 0 Å². The Kier molecular flexibility index (Phi) is 4.19. The first kappa shape index (κ1) is 15.1. The third-order valence-corrected chi connectivity index (χ3v) is 5.05. The average Bonchev–Trinajstić information content (AvgIpc) is 3.09. The number of carboxylic acid groups (broad SMARTS) is 1. The van der Waals surface area contributed by atoms with Crippen molar-refractivity contribution < 1.29 is 14.7 Å². The first-order chi connectivity index (χ1) is 10.6. The molecule has 0 radical (unpaired) electrons.